The van der Waals surface area contributed by atoms with Crippen LogP contribution < -0.4 is 5.32 Å². The van der Waals surface area contributed by atoms with E-state index >= 15 is 0 Å². The van der Waals surface area contributed by atoms with Gasteiger partial charge in [-0.3, -0.25) is 24.5 Å². The molecule has 0 heterocycles. The zero-order chi connectivity index (χ0) is 26.9. The number of aliphatic hydroxyl groups is 7. The summed E-state index contributed by atoms with van der Waals surface area (Å²) in [5.74, 6) is 0. The Labute approximate surface area is 217 Å². The Bertz CT molecular complexity index is 421. The van der Waals surface area contributed by atoms with Gasteiger partial charge in [-0.1, -0.05) is 0 Å². The quantitative estimate of drug-likeness (QED) is 0.0360. The first-order valence-corrected chi connectivity index (χ1v) is 13.2. The third kappa shape index (κ3) is 19.6. The maximum absolute atomic E-state index is 9.35. The van der Waals surface area contributed by atoms with Crippen molar-refractivity contribution in [2.24, 2.45) is 0 Å². The fourth-order valence-corrected chi connectivity index (χ4v) is 3.93. The second-order valence-corrected chi connectivity index (χ2v) is 8.72. The van der Waals surface area contributed by atoms with Crippen molar-refractivity contribution in [2.45, 2.75) is 0 Å². The zero-order valence-electron chi connectivity index (χ0n) is 22.1. The molecule has 0 saturated carbocycles. The molecule has 0 radical (unpaired) electrons. The lowest BCUT2D eigenvalue weighted by Crippen LogP contribution is -2.49. The molecular formula is C23H54N6O7. The highest BCUT2D eigenvalue weighted by atomic mass is 16.3. The normalized spacial score (nSPS) is 12.3. The molecule has 0 bridgehead atoms. The Morgan fingerprint density at radius 3 is 0.917 bits per heavy atom. The van der Waals surface area contributed by atoms with Gasteiger partial charge in [-0.25, -0.2) is 0 Å². The van der Waals surface area contributed by atoms with Gasteiger partial charge in [-0.05, 0) is 0 Å². The maximum atomic E-state index is 9.35. The van der Waals surface area contributed by atoms with Gasteiger partial charge in [0.15, 0.2) is 0 Å². The lowest BCUT2D eigenvalue weighted by molar-refractivity contribution is 0.0773. The number of hydrogen-bond acceptors (Lipinski definition) is 13. The maximum Gasteiger partial charge on any atom is 0.0558 e. The standard InChI is InChI=1S/C23H54N6O7/c30-16-2-24-1-3-28(7-4-25(10-17-31)11-18-32)23-29(8-5-26(12-19-33)13-20-34)9-6-27(14-21-35)15-22-36/h24,30-36H,1-23H2. The van der Waals surface area contributed by atoms with Crippen molar-refractivity contribution >= 4 is 0 Å². The van der Waals surface area contributed by atoms with E-state index in [1.54, 1.807) is 0 Å². The monoisotopic (exact) mass is 526 g/mol. The average molecular weight is 527 g/mol. The Kier molecular flexibility index (Phi) is 25.7. The van der Waals surface area contributed by atoms with Gasteiger partial charge in [0.05, 0.1) is 52.9 Å². The van der Waals surface area contributed by atoms with E-state index in [0.29, 0.717) is 91.8 Å². The first-order chi connectivity index (χ1) is 17.6. The van der Waals surface area contributed by atoms with E-state index in [-0.39, 0.29) is 46.2 Å². The lowest BCUT2D eigenvalue weighted by Gasteiger charge is -2.34. The second-order valence-electron chi connectivity index (χ2n) is 8.72. The van der Waals surface area contributed by atoms with E-state index in [0.717, 1.165) is 13.1 Å². The zero-order valence-corrected chi connectivity index (χ0v) is 22.1. The number of aliphatic hydroxyl groups excluding tert-OH is 7. The minimum absolute atomic E-state index is 0.0228. The molecular weight excluding hydrogens is 472 g/mol. The first kappa shape index (κ1) is 35.5. The number of rotatable bonds is 28. The fourth-order valence-electron chi connectivity index (χ4n) is 3.93. The molecule has 0 rings (SSSR count). The van der Waals surface area contributed by atoms with Crippen molar-refractivity contribution in [1.82, 2.24) is 29.8 Å². The van der Waals surface area contributed by atoms with Gasteiger partial charge in [0.2, 0.25) is 0 Å². The molecule has 13 nitrogen and oxygen atoms in total. The Hall–Kier alpha value is -0.520. The predicted molar refractivity (Wildman–Crippen MR) is 140 cm³/mol. The van der Waals surface area contributed by atoms with Crippen LogP contribution in [0.5, 0.6) is 0 Å². The number of nitrogens with one attached hydrogen (secondary N) is 1. The number of hydrogen-bond donors (Lipinski definition) is 8. The van der Waals surface area contributed by atoms with E-state index in [4.69, 9.17) is 5.11 Å². The Morgan fingerprint density at radius 1 is 0.306 bits per heavy atom. The first-order valence-electron chi connectivity index (χ1n) is 13.2. The molecule has 218 valence electrons. The predicted octanol–water partition coefficient (Wildman–Crippen LogP) is -5.01. The van der Waals surface area contributed by atoms with E-state index in [1.807, 2.05) is 14.7 Å². The lowest BCUT2D eigenvalue weighted by atomic mass is 10.3. The highest BCUT2D eigenvalue weighted by molar-refractivity contribution is 4.70. The molecule has 0 aliphatic carbocycles. The van der Waals surface area contributed by atoms with Crippen LogP contribution in [0.1, 0.15) is 0 Å². The smallest absolute Gasteiger partial charge is 0.0558 e. The van der Waals surface area contributed by atoms with Crippen molar-refractivity contribution in [3.05, 3.63) is 0 Å². The summed E-state index contributed by atoms with van der Waals surface area (Å²) in [6, 6.07) is 0. The molecule has 0 atom stereocenters. The van der Waals surface area contributed by atoms with Crippen LogP contribution >= 0.6 is 0 Å². The van der Waals surface area contributed by atoms with Gasteiger partial charge in [0, 0.05) is 98.2 Å². The summed E-state index contributed by atoms with van der Waals surface area (Å²) in [4.78, 5) is 10.6. The topological polar surface area (TPSA) is 170 Å². The van der Waals surface area contributed by atoms with Crippen LogP contribution in [0.2, 0.25) is 0 Å². The van der Waals surface area contributed by atoms with Crippen LogP contribution in [0.4, 0.5) is 0 Å². The fraction of sp³-hybridized carbons (Fsp3) is 1.00. The SMILES string of the molecule is OCCNCCN(CCN(CCO)CCO)CN(CCN(CCO)CCO)CCN(CCO)CCO. The molecule has 8 N–H and O–H groups in total. The molecule has 0 aromatic heterocycles. The van der Waals surface area contributed by atoms with Crippen molar-refractivity contribution in [1.29, 1.82) is 0 Å². The summed E-state index contributed by atoms with van der Waals surface area (Å²) in [5.41, 5.74) is 0. The van der Waals surface area contributed by atoms with Crippen LogP contribution in [0.3, 0.4) is 0 Å². The van der Waals surface area contributed by atoms with Gasteiger partial charge in [-0.15, -0.1) is 0 Å². The number of nitrogens with zero attached hydrogens (tertiary/aromatic N) is 5. The van der Waals surface area contributed by atoms with Crippen LogP contribution in [-0.4, -0.2) is 211 Å². The Balaban J connectivity index is 5.31. The van der Waals surface area contributed by atoms with Gasteiger partial charge in [0.1, 0.15) is 0 Å². The van der Waals surface area contributed by atoms with Gasteiger partial charge >= 0.3 is 0 Å². The van der Waals surface area contributed by atoms with E-state index < -0.39 is 0 Å². The highest BCUT2D eigenvalue weighted by Crippen LogP contribution is 2.01. The van der Waals surface area contributed by atoms with Crippen LogP contribution in [-0.2, 0) is 0 Å². The third-order valence-corrected chi connectivity index (χ3v) is 5.99. The molecule has 0 saturated heterocycles. The van der Waals surface area contributed by atoms with E-state index in [9.17, 15) is 30.6 Å². The van der Waals surface area contributed by atoms with Crippen molar-refractivity contribution in [3.8, 4) is 0 Å². The van der Waals surface area contributed by atoms with Crippen molar-refractivity contribution in [3.63, 3.8) is 0 Å². The van der Waals surface area contributed by atoms with Gasteiger partial charge in [-0.2, -0.15) is 0 Å². The van der Waals surface area contributed by atoms with Crippen LogP contribution in [0.25, 0.3) is 0 Å². The van der Waals surface area contributed by atoms with E-state index in [1.165, 1.54) is 0 Å². The van der Waals surface area contributed by atoms with Crippen molar-refractivity contribution < 1.29 is 35.7 Å². The molecule has 13 heteroatoms. The average Bonchev–Trinajstić information content (AvgIpc) is 2.86. The molecule has 0 aliphatic rings. The summed E-state index contributed by atoms with van der Waals surface area (Å²) < 4.78 is 0. The summed E-state index contributed by atoms with van der Waals surface area (Å²) in [5, 5.41) is 68.4. The highest BCUT2D eigenvalue weighted by Gasteiger charge is 2.16. The molecule has 0 spiro atoms. The summed E-state index contributed by atoms with van der Waals surface area (Å²) in [6.07, 6.45) is 0. The van der Waals surface area contributed by atoms with Gasteiger partial charge in [0.25, 0.3) is 0 Å². The summed E-state index contributed by atoms with van der Waals surface area (Å²) in [7, 11) is 0. The molecule has 0 aromatic carbocycles. The van der Waals surface area contributed by atoms with E-state index in [2.05, 4.69) is 15.1 Å². The van der Waals surface area contributed by atoms with Crippen LogP contribution in [0, 0.1) is 0 Å². The molecule has 0 amide bonds. The summed E-state index contributed by atoms with van der Waals surface area (Å²) in [6.45, 7) is 10.00. The molecule has 0 aromatic rings. The Morgan fingerprint density at radius 2 is 0.611 bits per heavy atom. The second kappa shape index (κ2) is 26.1. The van der Waals surface area contributed by atoms with Gasteiger partial charge < -0.3 is 41.1 Å². The van der Waals surface area contributed by atoms with Crippen molar-refractivity contribution in [2.75, 3.05) is 151 Å². The molecule has 0 fully saturated rings. The third-order valence-electron chi connectivity index (χ3n) is 5.99. The molecule has 36 heavy (non-hydrogen) atoms. The minimum Gasteiger partial charge on any atom is -0.395 e. The largest absolute Gasteiger partial charge is 0.395 e. The summed E-state index contributed by atoms with van der Waals surface area (Å²) >= 11 is 0. The van der Waals surface area contributed by atoms with Crippen LogP contribution in [0.15, 0.2) is 0 Å². The minimum atomic E-state index is 0.0228. The molecule has 0 aliphatic heterocycles. The molecule has 0 unspecified atom stereocenters.